The van der Waals surface area contributed by atoms with Gasteiger partial charge in [-0.25, -0.2) is 0 Å². The molecule has 1 atom stereocenters. The van der Waals surface area contributed by atoms with Crippen LogP contribution in [0.4, 0.5) is 5.69 Å². The van der Waals surface area contributed by atoms with Crippen LogP contribution in [0.2, 0.25) is 10.0 Å². The Morgan fingerprint density at radius 1 is 1.14 bits per heavy atom. The maximum absolute atomic E-state index is 13.3. The number of ketones is 1. The second-order valence-corrected chi connectivity index (χ2v) is 9.15. The van der Waals surface area contributed by atoms with Crippen LogP contribution in [0, 0.1) is 6.92 Å². The molecule has 0 unspecified atom stereocenters. The molecule has 0 saturated carbocycles. The first-order chi connectivity index (χ1) is 13.8. The number of carbonyl (C=O) groups excluding carboxylic acids is 2. The molecule has 2 heterocycles. The molecule has 0 aliphatic carbocycles. The molecular formula is C22H17Cl2NO3S. The number of nitrogens with zero attached hydrogens (tertiary/aromatic N) is 1. The number of aryl methyl sites for hydroxylation is 1. The number of aliphatic hydroxyl groups is 1. The third kappa shape index (κ3) is 3.60. The first-order valence-electron chi connectivity index (χ1n) is 8.97. The number of fused-ring (bicyclic) bond motifs is 1. The normalized spacial score (nSPS) is 18.2. The minimum absolute atomic E-state index is 0.182. The van der Waals surface area contributed by atoms with E-state index in [1.165, 1.54) is 16.2 Å². The average Bonchev–Trinajstić information content (AvgIpc) is 3.20. The molecule has 1 N–H and O–H groups in total. The van der Waals surface area contributed by atoms with E-state index >= 15 is 0 Å². The summed E-state index contributed by atoms with van der Waals surface area (Å²) in [5, 5.41) is 12.3. The highest BCUT2D eigenvalue weighted by atomic mass is 35.5. The van der Waals surface area contributed by atoms with Crippen LogP contribution in [0.3, 0.4) is 0 Å². The third-order valence-corrected chi connectivity index (χ3v) is 6.66. The highest BCUT2D eigenvalue weighted by molar-refractivity contribution is 7.14. The molecule has 4 nitrogen and oxygen atoms in total. The van der Waals surface area contributed by atoms with E-state index < -0.39 is 11.5 Å². The second kappa shape index (κ2) is 7.58. The van der Waals surface area contributed by atoms with E-state index in [9.17, 15) is 14.7 Å². The lowest BCUT2D eigenvalue weighted by molar-refractivity contribution is -0.136. The number of rotatable bonds is 5. The van der Waals surface area contributed by atoms with Crippen LogP contribution >= 0.6 is 34.5 Å². The Labute approximate surface area is 182 Å². The zero-order chi connectivity index (χ0) is 20.8. The minimum atomic E-state index is -1.98. The van der Waals surface area contributed by atoms with E-state index in [0.717, 1.165) is 10.4 Å². The number of hydrogen-bond acceptors (Lipinski definition) is 4. The summed E-state index contributed by atoms with van der Waals surface area (Å²) in [5.74, 6) is -0.846. The van der Waals surface area contributed by atoms with Crippen LogP contribution in [0.5, 0.6) is 0 Å². The molecule has 148 valence electrons. The van der Waals surface area contributed by atoms with Crippen LogP contribution in [-0.4, -0.2) is 16.8 Å². The largest absolute Gasteiger partial charge is 0.375 e. The molecule has 1 amide bonds. The van der Waals surface area contributed by atoms with E-state index in [2.05, 4.69) is 0 Å². The standard InChI is InChI=1S/C22H17Cl2NO3S/c1-13-6-9-20(29-13)19(26)11-22(28)16-10-15(23)7-8-18(16)25(21(22)27)12-14-4-2-3-5-17(14)24/h2-10,28H,11-12H2,1H3/t22-/m1/s1. The van der Waals surface area contributed by atoms with Crippen molar-refractivity contribution in [3.05, 3.63) is 85.5 Å². The first kappa shape index (κ1) is 20.1. The second-order valence-electron chi connectivity index (χ2n) is 7.01. The summed E-state index contributed by atoms with van der Waals surface area (Å²) >= 11 is 13.7. The van der Waals surface area contributed by atoms with Gasteiger partial charge in [0.25, 0.3) is 5.91 Å². The number of anilines is 1. The molecule has 3 aromatic rings. The van der Waals surface area contributed by atoms with E-state index in [0.29, 0.717) is 26.2 Å². The van der Waals surface area contributed by atoms with Crippen LogP contribution in [0.15, 0.2) is 54.6 Å². The number of thiophene rings is 1. The number of Topliss-reactive ketones (excluding diaryl/α,β-unsaturated/α-hetero) is 1. The van der Waals surface area contributed by atoms with Crippen molar-refractivity contribution >= 4 is 51.9 Å². The van der Waals surface area contributed by atoms with Gasteiger partial charge in [0.05, 0.1) is 23.5 Å². The Morgan fingerprint density at radius 2 is 1.90 bits per heavy atom. The van der Waals surface area contributed by atoms with Gasteiger partial charge < -0.3 is 10.0 Å². The molecule has 1 aromatic heterocycles. The molecule has 1 aliphatic heterocycles. The zero-order valence-corrected chi connectivity index (χ0v) is 17.8. The molecule has 29 heavy (non-hydrogen) atoms. The Morgan fingerprint density at radius 3 is 2.59 bits per heavy atom. The monoisotopic (exact) mass is 445 g/mol. The van der Waals surface area contributed by atoms with Crippen LogP contribution in [0.1, 0.15) is 32.1 Å². The van der Waals surface area contributed by atoms with Crippen LogP contribution in [-0.2, 0) is 16.9 Å². The number of amides is 1. The molecule has 0 radical (unpaired) electrons. The summed E-state index contributed by atoms with van der Waals surface area (Å²) in [6.07, 6.45) is -0.349. The van der Waals surface area contributed by atoms with Gasteiger partial charge >= 0.3 is 0 Å². The van der Waals surface area contributed by atoms with Crippen molar-refractivity contribution in [3.8, 4) is 0 Å². The highest BCUT2D eigenvalue weighted by Gasteiger charge is 2.51. The highest BCUT2D eigenvalue weighted by Crippen LogP contribution is 2.45. The van der Waals surface area contributed by atoms with E-state index in [1.807, 2.05) is 31.2 Å². The van der Waals surface area contributed by atoms with Gasteiger partial charge in [0.1, 0.15) is 0 Å². The molecule has 7 heteroatoms. The van der Waals surface area contributed by atoms with Crippen molar-refractivity contribution in [2.45, 2.75) is 25.5 Å². The first-order valence-corrected chi connectivity index (χ1v) is 10.5. The van der Waals surface area contributed by atoms with Crippen molar-refractivity contribution in [3.63, 3.8) is 0 Å². The summed E-state index contributed by atoms with van der Waals surface area (Å²) in [4.78, 5) is 29.1. The third-order valence-electron chi connectivity index (χ3n) is 5.01. The van der Waals surface area contributed by atoms with E-state index in [4.69, 9.17) is 23.2 Å². The summed E-state index contributed by atoms with van der Waals surface area (Å²) in [7, 11) is 0. The number of carbonyl (C=O) groups is 2. The molecule has 0 bridgehead atoms. The number of hydrogen-bond donors (Lipinski definition) is 1. The fourth-order valence-electron chi connectivity index (χ4n) is 3.55. The van der Waals surface area contributed by atoms with Crippen molar-refractivity contribution in [1.82, 2.24) is 0 Å². The van der Waals surface area contributed by atoms with Gasteiger partial charge in [0, 0.05) is 20.5 Å². The molecular weight excluding hydrogens is 429 g/mol. The van der Waals surface area contributed by atoms with Crippen molar-refractivity contribution < 1.29 is 14.7 Å². The van der Waals surface area contributed by atoms with E-state index in [1.54, 1.807) is 30.3 Å². The van der Waals surface area contributed by atoms with Crippen molar-refractivity contribution in [2.75, 3.05) is 4.90 Å². The van der Waals surface area contributed by atoms with Gasteiger partial charge in [0.15, 0.2) is 11.4 Å². The lowest BCUT2D eigenvalue weighted by atomic mass is 9.89. The minimum Gasteiger partial charge on any atom is -0.375 e. The van der Waals surface area contributed by atoms with Gasteiger partial charge in [-0.1, -0.05) is 41.4 Å². The SMILES string of the molecule is Cc1ccc(C(=O)C[C@]2(O)C(=O)N(Cc3ccccc3Cl)c3ccc(Cl)cc32)s1. The number of halogens is 2. The Kier molecular flexibility index (Phi) is 5.25. The Hall–Kier alpha value is -2.18. The van der Waals surface area contributed by atoms with Gasteiger partial charge in [-0.05, 0) is 48.9 Å². The summed E-state index contributed by atoms with van der Waals surface area (Å²) in [6.45, 7) is 2.08. The fraction of sp³-hybridized carbons (Fsp3) is 0.182. The van der Waals surface area contributed by atoms with E-state index in [-0.39, 0.29) is 18.7 Å². The lowest BCUT2D eigenvalue weighted by Gasteiger charge is -2.23. The molecule has 2 aromatic carbocycles. The molecule has 0 saturated heterocycles. The van der Waals surface area contributed by atoms with Gasteiger partial charge in [-0.2, -0.15) is 0 Å². The summed E-state index contributed by atoms with van der Waals surface area (Å²) in [5.41, 5.74) is -0.371. The maximum Gasteiger partial charge on any atom is 0.264 e. The zero-order valence-electron chi connectivity index (χ0n) is 15.5. The van der Waals surface area contributed by atoms with Gasteiger partial charge in [-0.3, -0.25) is 9.59 Å². The molecule has 1 aliphatic rings. The Bertz CT molecular complexity index is 1130. The van der Waals surface area contributed by atoms with Crippen molar-refractivity contribution in [1.29, 1.82) is 0 Å². The van der Waals surface area contributed by atoms with Crippen molar-refractivity contribution in [2.24, 2.45) is 0 Å². The average molecular weight is 446 g/mol. The quantitative estimate of drug-likeness (QED) is 0.536. The maximum atomic E-state index is 13.3. The Balaban J connectivity index is 1.73. The lowest BCUT2D eigenvalue weighted by Crippen LogP contribution is -2.41. The molecule has 0 fully saturated rings. The summed E-state index contributed by atoms with van der Waals surface area (Å²) in [6, 6.07) is 15.7. The molecule has 4 rings (SSSR count). The smallest absolute Gasteiger partial charge is 0.264 e. The van der Waals surface area contributed by atoms with Crippen LogP contribution in [0.25, 0.3) is 0 Å². The topological polar surface area (TPSA) is 57.6 Å². The number of benzene rings is 2. The molecule has 0 spiro atoms. The predicted molar refractivity (Wildman–Crippen MR) is 116 cm³/mol. The fourth-order valence-corrected chi connectivity index (χ4v) is 4.72. The predicted octanol–water partition coefficient (Wildman–Crippen LogP) is 5.37. The van der Waals surface area contributed by atoms with Gasteiger partial charge in [0.2, 0.25) is 0 Å². The summed E-state index contributed by atoms with van der Waals surface area (Å²) < 4.78 is 0. The van der Waals surface area contributed by atoms with Crippen LogP contribution < -0.4 is 4.90 Å². The van der Waals surface area contributed by atoms with Gasteiger partial charge in [-0.15, -0.1) is 11.3 Å².